The first-order valence-electron chi connectivity index (χ1n) is 19.7. The van der Waals surface area contributed by atoms with E-state index < -0.39 is 0 Å². The van der Waals surface area contributed by atoms with Crippen LogP contribution >= 0.6 is 0 Å². The van der Waals surface area contributed by atoms with Gasteiger partial charge in [-0.3, -0.25) is 0 Å². The van der Waals surface area contributed by atoms with Gasteiger partial charge in [-0.2, -0.15) is 0 Å². The van der Waals surface area contributed by atoms with Gasteiger partial charge in [0.2, 0.25) is 0 Å². The van der Waals surface area contributed by atoms with Crippen LogP contribution in [0, 0.1) is 20.8 Å². The van der Waals surface area contributed by atoms with E-state index in [1.807, 2.05) is 25.1 Å². The molecule has 6 aromatic rings. The van der Waals surface area contributed by atoms with Crippen LogP contribution in [-0.4, -0.2) is 0 Å². The van der Waals surface area contributed by atoms with Crippen LogP contribution in [0.5, 0.6) is 0 Å². The van der Waals surface area contributed by atoms with Crippen molar-refractivity contribution in [1.29, 1.82) is 0 Å². The van der Waals surface area contributed by atoms with E-state index in [1.165, 1.54) is 74.1 Å². The fourth-order valence-corrected chi connectivity index (χ4v) is 5.78. The fourth-order valence-electron chi connectivity index (χ4n) is 5.78. The minimum absolute atomic E-state index is 1.05. The maximum atomic E-state index is 3.83. The Kier molecular flexibility index (Phi) is 19.7. The average Bonchev–Trinajstić information content (AvgIpc) is 3.21. The van der Waals surface area contributed by atoms with Crippen LogP contribution in [0.25, 0.3) is 27.8 Å². The quantitative estimate of drug-likeness (QED) is 0.124. The molecule has 0 amide bonds. The third kappa shape index (κ3) is 16.1. The van der Waals surface area contributed by atoms with E-state index in [4.69, 9.17) is 0 Å². The van der Waals surface area contributed by atoms with E-state index in [0.29, 0.717) is 0 Å². The summed E-state index contributed by atoms with van der Waals surface area (Å²) >= 11 is 0. The van der Waals surface area contributed by atoms with Gasteiger partial charge in [-0.05, 0) is 91.5 Å². The number of rotatable bonds is 10. The van der Waals surface area contributed by atoms with Crippen LogP contribution in [0.2, 0.25) is 0 Å². The second-order valence-corrected chi connectivity index (χ2v) is 13.8. The Hall–Kier alpha value is -5.46. The van der Waals surface area contributed by atoms with Crippen molar-refractivity contribution < 1.29 is 0 Å². The zero-order chi connectivity index (χ0) is 39.0. The van der Waals surface area contributed by atoms with Gasteiger partial charge in [0.05, 0.1) is 0 Å². The monoisotopic (exact) mass is 710 g/mol. The van der Waals surface area contributed by atoms with Crippen LogP contribution < -0.4 is 0 Å². The molecule has 0 fully saturated rings. The zero-order valence-electron chi connectivity index (χ0n) is 34.0. The van der Waals surface area contributed by atoms with Gasteiger partial charge < -0.3 is 0 Å². The summed E-state index contributed by atoms with van der Waals surface area (Å²) in [6, 6.07) is 57.6. The molecule has 0 unspecified atom stereocenters. The summed E-state index contributed by atoms with van der Waals surface area (Å²) in [4.78, 5) is 0. The van der Waals surface area contributed by atoms with Gasteiger partial charge in [0.1, 0.15) is 0 Å². The second-order valence-electron chi connectivity index (χ2n) is 13.8. The standard InChI is InChI=1S/C22H26.C15H16.C9H10.C8H10/c1-4-9-21(19-11-7-6-8-12-19)17-22(10-5-2)20-15-13-18(3)14-16-20;1-2-6-13-9-11-15(12-10-13)14-7-4-3-5-8-14;1-8(2)9-6-4-3-5-7-9;1-7-3-5-8(2)6-4-7/h6-9,11-17H,4-5,10H2,1-3H3;3-5,7-12H,2,6H2,1H3;3-7H,1H2,2H3;3-6H,1-2H3/b21-9-,22-17+;;;. The molecule has 0 spiro atoms. The van der Waals surface area contributed by atoms with Gasteiger partial charge in [-0.1, -0.05) is 238 Å². The van der Waals surface area contributed by atoms with Crippen molar-refractivity contribution in [2.75, 3.05) is 0 Å². The molecule has 6 rings (SSSR count). The normalized spacial score (nSPS) is 10.8. The molecule has 0 bridgehead atoms. The number of benzene rings is 6. The molecule has 0 saturated carbocycles. The second kappa shape index (κ2) is 24.7. The molecule has 0 atom stereocenters. The fraction of sp³-hybridized carbons (Fsp3) is 0.222. The molecule has 0 aliphatic carbocycles. The molecule has 0 saturated heterocycles. The molecule has 0 heterocycles. The van der Waals surface area contributed by atoms with Crippen LogP contribution in [0.4, 0.5) is 0 Å². The van der Waals surface area contributed by atoms with Crippen molar-refractivity contribution in [2.45, 2.75) is 80.6 Å². The third-order valence-electron chi connectivity index (χ3n) is 8.89. The van der Waals surface area contributed by atoms with Crippen molar-refractivity contribution in [2.24, 2.45) is 0 Å². The van der Waals surface area contributed by atoms with Crippen molar-refractivity contribution in [3.63, 3.8) is 0 Å². The van der Waals surface area contributed by atoms with Gasteiger partial charge in [0.15, 0.2) is 0 Å². The molecule has 0 aliphatic rings. The molecule has 0 heteroatoms. The molecule has 6 aromatic carbocycles. The molecule has 0 aromatic heterocycles. The molecule has 0 aliphatic heterocycles. The van der Waals surface area contributed by atoms with Crippen molar-refractivity contribution in [1.82, 2.24) is 0 Å². The number of hydrogen-bond donors (Lipinski definition) is 0. The largest absolute Gasteiger partial charge is 0.0955 e. The van der Waals surface area contributed by atoms with E-state index in [1.54, 1.807) is 0 Å². The smallest absolute Gasteiger partial charge is 0.0184 e. The van der Waals surface area contributed by atoms with Crippen LogP contribution in [0.3, 0.4) is 0 Å². The third-order valence-corrected chi connectivity index (χ3v) is 8.89. The van der Waals surface area contributed by atoms with Crippen molar-refractivity contribution in [3.8, 4) is 11.1 Å². The molecule has 54 heavy (non-hydrogen) atoms. The summed E-state index contributed by atoms with van der Waals surface area (Å²) < 4.78 is 0. The molecular formula is C54H62. The summed E-state index contributed by atoms with van der Waals surface area (Å²) in [5.41, 5.74) is 15.7. The van der Waals surface area contributed by atoms with Gasteiger partial charge >= 0.3 is 0 Å². The Bertz CT molecular complexity index is 1920. The Morgan fingerprint density at radius 1 is 0.481 bits per heavy atom. The SMILES string of the molecule is C=C(C)c1ccccc1.CC/C=C(/C=C(\CCC)c1ccc(C)cc1)c1ccccc1.CCCc1ccc(-c2ccccc2)cc1.Cc1ccc(C)cc1. The summed E-state index contributed by atoms with van der Waals surface area (Å²) in [6.07, 6.45) is 10.4. The van der Waals surface area contributed by atoms with Crippen LogP contribution in [0.1, 0.15) is 92.3 Å². The van der Waals surface area contributed by atoms with E-state index >= 15 is 0 Å². The first-order chi connectivity index (χ1) is 26.2. The van der Waals surface area contributed by atoms with Crippen molar-refractivity contribution >= 4 is 16.7 Å². The van der Waals surface area contributed by atoms with E-state index in [0.717, 1.165) is 24.8 Å². The number of hydrogen-bond acceptors (Lipinski definition) is 0. The average molecular weight is 711 g/mol. The highest BCUT2D eigenvalue weighted by molar-refractivity contribution is 5.84. The van der Waals surface area contributed by atoms with Gasteiger partial charge in [-0.25, -0.2) is 0 Å². The highest BCUT2D eigenvalue weighted by Gasteiger charge is 2.04. The highest BCUT2D eigenvalue weighted by Crippen LogP contribution is 2.27. The highest BCUT2D eigenvalue weighted by atomic mass is 14.1. The van der Waals surface area contributed by atoms with E-state index in [2.05, 4.69) is 206 Å². The maximum absolute atomic E-state index is 3.83. The number of allylic oxidation sites excluding steroid dienone is 5. The van der Waals surface area contributed by atoms with E-state index in [9.17, 15) is 0 Å². The predicted octanol–water partition coefficient (Wildman–Crippen LogP) is 16.0. The Labute approximate surface area is 328 Å². The topological polar surface area (TPSA) is 0 Å². The summed E-state index contributed by atoms with van der Waals surface area (Å²) in [6.45, 7) is 18.8. The van der Waals surface area contributed by atoms with Gasteiger partial charge in [0.25, 0.3) is 0 Å². The first kappa shape index (κ1) is 42.9. The summed E-state index contributed by atoms with van der Waals surface area (Å²) in [5.74, 6) is 0. The van der Waals surface area contributed by atoms with Crippen molar-refractivity contribution in [3.05, 3.63) is 221 Å². The predicted molar refractivity (Wildman–Crippen MR) is 242 cm³/mol. The minimum atomic E-state index is 1.05. The van der Waals surface area contributed by atoms with Crippen LogP contribution in [0.15, 0.2) is 183 Å². The number of aryl methyl sites for hydroxylation is 4. The lowest BCUT2D eigenvalue weighted by Crippen LogP contribution is -1.88. The van der Waals surface area contributed by atoms with Gasteiger partial charge in [-0.15, -0.1) is 0 Å². The molecule has 0 N–H and O–H groups in total. The Balaban J connectivity index is 0.000000210. The Morgan fingerprint density at radius 3 is 1.35 bits per heavy atom. The lowest BCUT2D eigenvalue weighted by molar-refractivity contribution is 0.922. The maximum Gasteiger partial charge on any atom is -0.0184 e. The van der Waals surface area contributed by atoms with Gasteiger partial charge in [0, 0.05) is 0 Å². The summed E-state index contributed by atoms with van der Waals surface area (Å²) in [5, 5.41) is 0. The van der Waals surface area contributed by atoms with Crippen LogP contribution in [-0.2, 0) is 6.42 Å². The Morgan fingerprint density at radius 2 is 0.926 bits per heavy atom. The molecule has 278 valence electrons. The van der Waals surface area contributed by atoms with E-state index in [-0.39, 0.29) is 0 Å². The molecule has 0 nitrogen and oxygen atoms in total. The lowest BCUT2D eigenvalue weighted by atomic mass is 9.95. The lowest BCUT2D eigenvalue weighted by Gasteiger charge is -2.10. The minimum Gasteiger partial charge on any atom is -0.0955 e. The summed E-state index contributed by atoms with van der Waals surface area (Å²) in [7, 11) is 0. The first-order valence-corrected chi connectivity index (χ1v) is 19.7. The zero-order valence-corrected chi connectivity index (χ0v) is 34.0. The molecule has 0 radical (unpaired) electrons. The molecular weight excluding hydrogens is 649 g/mol.